The number of fused-ring (bicyclic) bond motifs is 4. The van der Waals surface area contributed by atoms with Crippen LogP contribution in [0.4, 0.5) is 23.3 Å². The Morgan fingerprint density at radius 3 is 2.76 bits per heavy atom. The molecule has 1 amide bonds. The van der Waals surface area contributed by atoms with Crippen molar-refractivity contribution in [3.8, 4) is 0 Å². The van der Waals surface area contributed by atoms with Gasteiger partial charge in [-0.2, -0.15) is 4.98 Å². The van der Waals surface area contributed by atoms with Gasteiger partial charge in [0.1, 0.15) is 17.7 Å². The molecule has 38 heavy (non-hydrogen) atoms. The minimum absolute atomic E-state index is 0.0366. The van der Waals surface area contributed by atoms with Crippen LogP contribution in [0.25, 0.3) is 6.08 Å². The minimum Gasteiger partial charge on any atom is -0.392 e. The number of piperazine rings is 2. The summed E-state index contributed by atoms with van der Waals surface area (Å²) in [5.41, 5.74) is 1.92. The number of rotatable bonds is 5. The number of aliphatic hydroxyl groups is 1. The van der Waals surface area contributed by atoms with Crippen LogP contribution in [0.3, 0.4) is 0 Å². The number of hydrogen-bond donors (Lipinski definition) is 3. The molecule has 1 spiro atoms. The first kappa shape index (κ1) is 25.1. The van der Waals surface area contributed by atoms with Crippen molar-refractivity contribution in [3.63, 3.8) is 0 Å². The topological polar surface area (TPSA) is 110 Å². The number of nitrogens with zero attached hydrogens (tertiary/aromatic N) is 6. The lowest BCUT2D eigenvalue weighted by Crippen LogP contribution is -2.69. The summed E-state index contributed by atoms with van der Waals surface area (Å²) in [6, 6.07) is 4.07. The lowest BCUT2D eigenvalue weighted by molar-refractivity contribution is -0.123. The van der Waals surface area contributed by atoms with Gasteiger partial charge in [-0.05, 0) is 38.8 Å². The number of amides is 1. The molecule has 3 aliphatic heterocycles. The van der Waals surface area contributed by atoms with Crippen molar-refractivity contribution in [2.45, 2.75) is 69.7 Å². The lowest BCUT2D eigenvalue weighted by atomic mass is 9.77. The number of aromatic nitrogens is 3. The van der Waals surface area contributed by atoms with Crippen LogP contribution in [0.15, 0.2) is 30.6 Å². The van der Waals surface area contributed by atoms with Crippen molar-refractivity contribution in [1.29, 1.82) is 0 Å². The average molecular weight is 519 g/mol. The summed E-state index contributed by atoms with van der Waals surface area (Å²) in [4.78, 5) is 33.9. The van der Waals surface area contributed by atoms with E-state index in [4.69, 9.17) is 4.98 Å². The summed E-state index contributed by atoms with van der Waals surface area (Å²) in [7, 11) is 0. The van der Waals surface area contributed by atoms with Crippen LogP contribution in [-0.2, 0) is 4.79 Å². The summed E-state index contributed by atoms with van der Waals surface area (Å²) < 4.78 is 0. The molecule has 10 heteroatoms. The average Bonchev–Trinajstić information content (AvgIpc) is 2.92. The maximum atomic E-state index is 12.8. The Bertz CT molecular complexity index is 1190. The van der Waals surface area contributed by atoms with Crippen molar-refractivity contribution in [1.82, 2.24) is 25.2 Å². The van der Waals surface area contributed by atoms with Gasteiger partial charge >= 0.3 is 0 Å². The Morgan fingerprint density at radius 2 is 2.03 bits per heavy atom. The summed E-state index contributed by atoms with van der Waals surface area (Å²) >= 11 is 0. The molecule has 4 aliphatic rings. The third-order valence-electron chi connectivity index (χ3n) is 8.53. The summed E-state index contributed by atoms with van der Waals surface area (Å²) in [6.07, 6.45) is 13.0. The van der Waals surface area contributed by atoms with Gasteiger partial charge in [-0.1, -0.05) is 31.4 Å². The number of hydrogen-bond acceptors (Lipinski definition) is 9. The second-order valence-electron chi connectivity index (χ2n) is 11.3. The fourth-order valence-electron chi connectivity index (χ4n) is 6.56. The first-order valence-corrected chi connectivity index (χ1v) is 13.9. The number of aliphatic hydroxyl groups excluding tert-OH is 1. The molecule has 3 N–H and O–H groups in total. The highest BCUT2D eigenvalue weighted by molar-refractivity contribution is 5.93. The molecule has 0 aromatic carbocycles. The summed E-state index contributed by atoms with van der Waals surface area (Å²) in [6.45, 7) is 8.13. The molecule has 2 aromatic heterocycles. The third-order valence-corrected chi connectivity index (χ3v) is 8.53. The molecule has 1 saturated carbocycles. The molecular weight excluding hydrogens is 480 g/mol. The molecule has 5 heterocycles. The molecule has 2 saturated heterocycles. The monoisotopic (exact) mass is 518 g/mol. The van der Waals surface area contributed by atoms with E-state index in [2.05, 4.69) is 48.3 Å². The van der Waals surface area contributed by atoms with Gasteiger partial charge in [0.25, 0.3) is 0 Å². The van der Waals surface area contributed by atoms with E-state index < -0.39 is 0 Å². The molecule has 202 valence electrons. The normalized spacial score (nSPS) is 25.5. The summed E-state index contributed by atoms with van der Waals surface area (Å²) in [5.74, 6) is 2.03. The maximum absolute atomic E-state index is 12.8. The van der Waals surface area contributed by atoms with Gasteiger partial charge in [-0.15, -0.1) is 0 Å². The second-order valence-corrected chi connectivity index (χ2v) is 11.3. The highest BCUT2D eigenvalue weighted by Crippen LogP contribution is 2.42. The van der Waals surface area contributed by atoms with E-state index in [1.54, 1.807) is 0 Å². The zero-order chi connectivity index (χ0) is 26.3. The van der Waals surface area contributed by atoms with Crippen LogP contribution < -0.4 is 20.4 Å². The van der Waals surface area contributed by atoms with Gasteiger partial charge in [-0.3, -0.25) is 9.69 Å². The van der Waals surface area contributed by atoms with E-state index in [0.29, 0.717) is 30.9 Å². The van der Waals surface area contributed by atoms with Crippen LogP contribution in [0.5, 0.6) is 0 Å². The van der Waals surface area contributed by atoms with Crippen molar-refractivity contribution >= 4 is 35.3 Å². The second kappa shape index (κ2) is 10.1. The minimum atomic E-state index is -0.335. The Balaban J connectivity index is 1.19. The number of carbonyl (C=O) groups excluding carboxylic acids is 1. The van der Waals surface area contributed by atoms with E-state index in [-0.39, 0.29) is 23.6 Å². The Hall–Kier alpha value is -3.24. The van der Waals surface area contributed by atoms with Crippen LogP contribution in [0, 0.1) is 0 Å². The third kappa shape index (κ3) is 4.71. The van der Waals surface area contributed by atoms with Crippen molar-refractivity contribution in [3.05, 3.63) is 36.2 Å². The first-order chi connectivity index (χ1) is 18.4. The lowest BCUT2D eigenvalue weighted by Gasteiger charge is -2.54. The quantitative estimate of drug-likeness (QED) is 0.550. The van der Waals surface area contributed by atoms with Gasteiger partial charge < -0.3 is 25.5 Å². The van der Waals surface area contributed by atoms with Gasteiger partial charge in [0.2, 0.25) is 11.9 Å². The van der Waals surface area contributed by atoms with Crippen LogP contribution in [0.2, 0.25) is 0 Å². The van der Waals surface area contributed by atoms with E-state index in [1.807, 2.05) is 37.5 Å². The molecule has 1 unspecified atom stereocenters. The zero-order valence-corrected chi connectivity index (χ0v) is 22.3. The SMILES string of the molecule is C[C@@H]1CN(c2ccc(Nc3ncc4c(n3)N3C(C=C4)C(=O)NCC34CCCCC4)nc2)CCN1C[C@@H](C)O. The largest absolute Gasteiger partial charge is 0.392 e. The molecule has 2 aromatic rings. The molecule has 3 atom stereocenters. The Kier molecular flexibility index (Phi) is 6.69. The van der Waals surface area contributed by atoms with E-state index in [0.717, 1.165) is 49.5 Å². The highest BCUT2D eigenvalue weighted by atomic mass is 16.3. The van der Waals surface area contributed by atoms with E-state index in [1.165, 1.54) is 19.3 Å². The molecule has 3 fully saturated rings. The van der Waals surface area contributed by atoms with E-state index >= 15 is 0 Å². The predicted molar refractivity (Wildman–Crippen MR) is 149 cm³/mol. The van der Waals surface area contributed by atoms with Crippen molar-refractivity contribution in [2.75, 3.05) is 47.8 Å². The van der Waals surface area contributed by atoms with Crippen molar-refractivity contribution < 1.29 is 9.90 Å². The molecular formula is C28H38N8O2. The number of pyridine rings is 1. The van der Waals surface area contributed by atoms with Gasteiger partial charge in [0, 0.05) is 50.5 Å². The predicted octanol–water partition coefficient (Wildman–Crippen LogP) is 2.54. The maximum Gasteiger partial charge on any atom is 0.246 e. The number of β-amino-alcohol motifs (C(OH)–C–C–N with tert-alkyl or cyclic N) is 1. The number of carbonyl (C=O) groups is 1. The first-order valence-electron chi connectivity index (χ1n) is 13.9. The Morgan fingerprint density at radius 1 is 1.18 bits per heavy atom. The van der Waals surface area contributed by atoms with Gasteiger partial charge in [-0.25, -0.2) is 9.97 Å². The fraction of sp³-hybridized carbons (Fsp3) is 0.571. The highest BCUT2D eigenvalue weighted by Gasteiger charge is 2.49. The van der Waals surface area contributed by atoms with Crippen LogP contribution >= 0.6 is 0 Å². The van der Waals surface area contributed by atoms with Crippen molar-refractivity contribution in [2.24, 2.45) is 0 Å². The Labute approximate surface area is 224 Å². The molecule has 1 aliphatic carbocycles. The molecule has 10 nitrogen and oxygen atoms in total. The number of nitrogens with one attached hydrogen (secondary N) is 2. The number of anilines is 4. The van der Waals surface area contributed by atoms with Gasteiger partial charge in [0.05, 0.1) is 23.5 Å². The van der Waals surface area contributed by atoms with Crippen LogP contribution in [-0.4, -0.2) is 87.3 Å². The molecule has 0 radical (unpaired) electrons. The van der Waals surface area contributed by atoms with Gasteiger partial charge in [0.15, 0.2) is 0 Å². The van der Waals surface area contributed by atoms with Crippen LogP contribution in [0.1, 0.15) is 51.5 Å². The zero-order valence-electron chi connectivity index (χ0n) is 22.3. The molecule has 0 bridgehead atoms. The molecule has 6 rings (SSSR count). The van der Waals surface area contributed by atoms with E-state index in [9.17, 15) is 9.90 Å². The smallest absolute Gasteiger partial charge is 0.246 e. The standard InChI is InChI=1S/C28H38N8O2/c1-19-16-35(13-12-34(19)17-20(2)37)22-7-9-24(29-15-22)32-27-30-14-21-6-8-23-26(38)31-18-28(10-4-3-5-11-28)36(23)25(21)33-27/h6-9,14-15,19-20,23,37H,3-5,10-13,16-18H2,1-2H3,(H,31,38)(H,29,30,32,33)/t19-,20-,23?/m1/s1. The fourth-order valence-corrected chi connectivity index (χ4v) is 6.56. The summed E-state index contributed by atoms with van der Waals surface area (Å²) in [5, 5.41) is 16.2.